The van der Waals surface area contributed by atoms with Gasteiger partial charge in [-0.3, -0.25) is 9.48 Å². The van der Waals surface area contributed by atoms with Gasteiger partial charge in [0.2, 0.25) is 5.91 Å². The van der Waals surface area contributed by atoms with Crippen LogP contribution in [0.25, 0.3) is 6.08 Å². The Hall–Kier alpha value is -2.56. The third kappa shape index (κ3) is 4.22. The predicted octanol–water partition coefficient (Wildman–Crippen LogP) is 2.55. The van der Waals surface area contributed by atoms with Gasteiger partial charge in [-0.05, 0) is 37.6 Å². The minimum Gasteiger partial charge on any atom is -0.497 e. The third-order valence-corrected chi connectivity index (χ3v) is 3.37. The zero-order valence-electron chi connectivity index (χ0n) is 13.2. The summed E-state index contributed by atoms with van der Waals surface area (Å²) >= 11 is 0. The second-order valence-corrected chi connectivity index (χ2v) is 4.92. The molecule has 5 heteroatoms. The summed E-state index contributed by atoms with van der Waals surface area (Å²) in [5.74, 6) is 0.671. The molecule has 0 fully saturated rings. The van der Waals surface area contributed by atoms with Gasteiger partial charge in [0.15, 0.2) is 0 Å². The van der Waals surface area contributed by atoms with Gasteiger partial charge in [0, 0.05) is 30.9 Å². The largest absolute Gasteiger partial charge is 0.497 e. The highest BCUT2D eigenvalue weighted by Crippen LogP contribution is 2.12. The summed E-state index contributed by atoms with van der Waals surface area (Å²) in [5, 5.41) is 7.22. The molecule has 1 N–H and O–H groups in total. The first-order valence-electron chi connectivity index (χ1n) is 7.25. The van der Waals surface area contributed by atoms with Crippen LogP contribution < -0.4 is 10.1 Å². The number of nitrogens with one attached hydrogen (secondary N) is 1. The molecule has 22 heavy (non-hydrogen) atoms. The second kappa shape index (κ2) is 7.45. The molecule has 1 aromatic heterocycles. The molecule has 116 valence electrons. The summed E-state index contributed by atoms with van der Waals surface area (Å²) in [6.45, 7) is 5.29. The van der Waals surface area contributed by atoms with Crippen molar-refractivity contribution < 1.29 is 9.53 Å². The summed E-state index contributed by atoms with van der Waals surface area (Å²) < 4.78 is 6.96. The van der Waals surface area contributed by atoms with E-state index in [0.717, 1.165) is 29.1 Å². The maximum Gasteiger partial charge on any atom is 0.244 e. The first-order chi connectivity index (χ1) is 10.6. The number of aromatic nitrogens is 2. The van der Waals surface area contributed by atoms with Crippen molar-refractivity contribution in [3.8, 4) is 5.75 Å². The Bertz CT molecular complexity index is 657. The summed E-state index contributed by atoms with van der Waals surface area (Å²) in [7, 11) is 1.63. The fourth-order valence-corrected chi connectivity index (χ4v) is 2.02. The van der Waals surface area contributed by atoms with Crippen molar-refractivity contribution in [3.05, 3.63) is 53.4 Å². The van der Waals surface area contributed by atoms with Crippen LogP contribution in [-0.2, 0) is 17.9 Å². The summed E-state index contributed by atoms with van der Waals surface area (Å²) in [4.78, 5) is 11.9. The number of ether oxygens (including phenoxy) is 1. The van der Waals surface area contributed by atoms with Gasteiger partial charge in [-0.15, -0.1) is 0 Å². The number of hydrogen-bond donors (Lipinski definition) is 1. The van der Waals surface area contributed by atoms with Crippen LogP contribution in [0.3, 0.4) is 0 Å². The first-order valence-corrected chi connectivity index (χ1v) is 7.25. The maximum absolute atomic E-state index is 11.9. The number of amides is 1. The van der Waals surface area contributed by atoms with Gasteiger partial charge in [0.25, 0.3) is 0 Å². The fourth-order valence-electron chi connectivity index (χ4n) is 2.02. The Morgan fingerprint density at radius 1 is 1.36 bits per heavy atom. The monoisotopic (exact) mass is 299 g/mol. The molecule has 2 aromatic rings. The molecule has 0 radical (unpaired) electrons. The van der Waals surface area contributed by atoms with Crippen LogP contribution >= 0.6 is 0 Å². The van der Waals surface area contributed by atoms with Gasteiger partial charge in [0.1, 0.15) is 5.75 Å². The topological polar surface area (TPSA) is 56.2 Å². The smallest absolute Gasteiger partial charge is 0.244 e. The van der Waals surface area contributed by atoms with Crippen molar-refractivity contribution in [3.63, 3.8) is 0 Å². The molecule has 0 aliphatic heterocycles. The van der Waals surface area contributed by atoms with Crippen LogP contribution in [0.15, 0.2) is 36.5 Å². The van der Waals surface area contributed by atoms with Crippen LogP contribution in [0.5, 0.6) is 5.75 Å². The minimum atomic E-state index is -0.125. The highest BCUT2D eigenvalue weighted by Gasteiger charge is 2.04. The summed E-state index contributed by atoms with van der Waals surface area (Å²) in [5.41, 5.74) is 2.93. The van der Waals surface area contributed by atoms with Crippen molar-refractivity contribution in [2.45, 2.75) is 26.9 Å². The zero-order chi connectivity index (χ0) is 15.9. The second-order valence-electron chi connectivity index (χ2n) is 4.92. The highest BCUT2D eigenvalue weighted by molar-refractivity contribution is 5.91. The van der Waals surface area contributed by atoms with Gasteiger partial charge in [-0.25, -0.2) is 0 Å². The van der Waals surface area contributed by atoms with E-state index in [2.05, 4.69) is 10.4 Å². The van der Waals surface area contributed by atoms with E-state index in [-0.39, 0.29) is 5.91 Å². The van der Waals surface area contributed by atoms with E-state index in [4.69, 9.17) is 4.74 Å². The SMILES string of the molecule is CCn1cc(CNC(=O)/C=C/c2ccc(OC)cc2)c(C)n1. The molecule has 0 saturated heterocycles. The van der Waals surface area contributed by atoms with E-state index in [1.54, 1.807) is 13.2 Å². The lowest BCUT2D eigenvalue weighted by atomic mass is 10.2. The van der Waals surface area contributed by atoms with Crippen molar-refractivity contribution >= 4 is 12.0 Å². The number of carbonyl (C=O) groups excluding carboxylic acids is 1. The van der Waals surface area contributed by atoms with Crippen LogP contribution in [0.2, 0.25) is 0 Å². The van der Waals surface area contributed by atoms with E-state index >= 15 is 0 Å². The highest BCUT2D eigenvalue weighted by atomic mass is 16.5. The Morgan fingerprint density at radius 2 is 2.09 bits per heavy atom. The van der Waals surface area contributed by atoms with Crippen LogP contribution in [0, 0.1) is 6.92 Å². The molecule has 1 heterocycles. The van der Waals surface area contributed by atoms with Gasteiger partial charge in [0.05, 0.1) is 12.8 Å². The van der Waals surface area contributed by atoms with Crippen molar-refractivity contribution in [1.82, 2.24) is 15.1 Å². The van der Waals surface area contributed by atoms with E-state index in [1.165, 1.54) is 6.08 Å². The van der Waals surface area contributed by atoms with Gasteiger partial charge >= 0.3 is 0 Å². The standard InChI is InChI=1S/C17H21N3O2/c1-4-20-12-15(13(2)19-20)11-18-17(21)10-7-14-5-8-16(22-3)9-6-14/h5-10,12H,4,11H2,1-3H3,(H,18,21)/b10-7+. The number of rotatable bonds is 6. The molecule has 1 aromatic carbocycles. The molecule has 0 aliphatic carbocycles. The van der Waals surface area contributed by atoms with Crippen LogP contribution in [0.4, 0.5) is 0 Å². The zero-order valence-corrected chi connectivity index (χ0v) is 13.2. The normalized spacial score (nSPS) is 10.9. The lowest BCUT2D eigenvalue weighted by Crippen LogP contribution is -2.20. The van der Waals surface area contributed by atoms with E-state index < -0.39 is 0 Å². The van der Waals surface area contributed by atoms with E-state index in [0.29, 0.717) is 6.54 Å². The van der Waals surface area contributed by atoms with Crippen molar-refractivity contribution in [1.29, 1.82) is 0 Å². The number of methoxy groups -OCH3 is 1. The number of carbonyl (C=O) groups is 1. The first kappa shape index (κ1) is 15.8. The lowest BCUT2D eigenvalue weighted by Gasteiger charge is -2.01. The molecule has 0 unspecified atom stereocenters. The average Bonchev–Trinajstić information content (AvgIpc) is 2.91. The van der Waals surface area contributed by atoms with Gasteiger partial charge in [-0.2, -0.15) is 5.10 Å². The van der Waals surface area contributed by atoms with Gasteiger partial charge < -0.3 is 10.1 Å². The number of aryl methyl sites for hydroxylation is 2. The fraction of sp³-hybridized carbons (Fsp3) is 0.294. The van der Waals surface area contributed by atoms with Gasteiger partial charge in [-0.1, -0.05) is 12.1 Å². The summed E-state index contributed by atoms with van der Waals surface area (Å²) in [6.07, 6.45) is 5.27. The maximum atomic E-state index is 11.9. The molecule has 0 atom stereocenters. The Kier molecular flexibility index (Phi) is 5.36. The van der Waals surface area contributed by atoms with E-state index in [9.17, 15) is 4.79 Å². The number of hydrogen-bond acceptors (Lipinski definition) is 3. The molecule has 5 nitrogen and oxygen atoms in total. The van der Waals surface area contributed by atoms with Crippen LogP contribution in [-0.4, -0.2) is 22.8 Å². The molecule has 0 saturated carbocycles. The lowest BCUT2D eigenvalue weighted by molar-refractivity contribution is -0.116. The third-order valence-electron chi connectivity index (χ3n) is 3.37. The minimum absolute atomic E-state index is 0.125. The Balaban J connectivity index is 1.88. The quantitative estimate of drug-likeness (QED) is 0.834. The number of nitrogens with zero attached hydrogens (tertiary/aromatic N) is 2. The molecule has 1 amide bonds. The number of benzene rings is 1. The molecular formula is C17H21N3O2. The van der Waals surface area contributed by atoms with E-state index in [1.807, 2.05) is 49.0 Å². The predicted molar refractivity (Wildman–Crippen MR) is 86.5 cm³/mol. The molecule has 0 bridgehead atoms. The Morgan fingerprint density at radius 3 is 2.68 bits per heavy atom. The van der Waals surface area contributed by atoms with Crippen molar-refractivity contribution in [2.75, 3.05) is 7.11 Å². The Labute approximate surface area is 130 Å². The molecular weight excluding hydrogens is 278 g/mol. The van der Waals surface area contributed by atoms with Crippen molar-refractivity contribution in [2.24, 2.45) is 0 Å². The summed E-state index contributed by atoms with van der Waals surface area (Å²) in [6, 6.07) is 7.52. The molecule has 0 aliphatic rings. The average molecular weight is 299 g/mol. The van der Waals surface area contributed by atoms with Crippen LogP contribution in [0.1, 0.15) is 23.7 Å². The molecule has 2 rings (SSSR count). The molecule has 0 spiro atoms.